The lowest BCUT2D eigenvalue weighted by atomic mass is 10.3. The van der Waals surface area contributed by atoms with E-state index in [-0.39, 0.29) is 0 Å². The molecule has 0 aliphatic rings. The number of aromatic nitrogens is 3. The molecule has 0 aliphatic carbocycles. The standard InChI is InChI=1S/C7H9NO.C3H3N3/c1-9-7-4-2-6(8)3-5-7;1-2-4-6-5-3-1/h2-5H,8H2,1H3;1-3H. The molecule has 0 amide bonds. The lowest BCUT2D eigenvalue weighted by Gasteiger charge is -1.97. The molecule has 2 aromatic rings. The number of hydrogen-bond acceptors (Lipinski definition) is 5. The fourth-order valence-corrected chi connectivity index (χ4v) is 0.809. The highest BCUT2D eigenvalue weighted by Gasteiger charge is 1.86. The Hall–Kier alpha value is -2.17. The summed E-state index contributed by atoms with van der Waals surface area (Å²) in [5, 5.41) is 10.1. The fourth-order valence-electron chi connectivity index (χ4n) is 0.809. The summed E-state index contributed by atoms with van der Waals surface area (Å²) in [4.78, 5) is 0. The number of methoxy groups -OCH3 is 1. The van der Waals surface area contributed by atoms with E-state index in [1.54, 1.807) is 37.7 Å². The molecule has 0 radical (unpaired) electrons. The molecule has 0 saturated carbocycles. The van der Waals surface area contributed by atoms with Gasteiger partial charge in [0.25, 0.3) is 0 Å². The van der Waals surface area contributed by atoms with Gasteiger partial charge in [0.1, 0.15) is 5.75 Å². The average Bonchev–Trinajstić information content (AvgIpc) is 2.33. The maximum absolute atomic E-state index is 5.43. The third-order valence-electron chi connectivity index (χ3n) is 1.52. The fraction of sp³-hybridized carbons (Fsp3) is 0.100. The zero-order chi connectivity index (χ0) is 10.9. The molecule has 5 nitrogen and oxygen atoms in total. The summed E-state index contributed by atoms with van der Waals surface area (Å²) in [6.07, 6.45) is 3.15. The Morgan fingerprint density at radius 3 is 2.00 bits per heavy atom. The third kappa shape index (κ3) is 4.56. The number of rotatable bonds is 1. The van der Waals surface area contributed by atoms with Gasteiger partial charge in [0.2, 0.25) is 0 Å². The maximum Gasteiger partial charge on any atom is 0.119 e. The molecule has 78 valence electrons. The van der Waals surface area contributed by atoms with Crippen LogP contribution in [0, 0.1) is 0 Å². The molecule has 0 aliphatic heterocycles. The molecule has 0 atom stereocenters. The van der Waals surface area contributed by atoms with Crippen molar-refractivity contribution in [1.82, 2.24) is 15.4 Å². The van der Waals surface area contributed by atoms with Gasteiger partial charge < -0.3 is 10.5 Å². The summed E-state index contributed by atoms with van der Waals surface area (Å²) in [5.41, 5.74) is 6.19. The van der Waals surface area contributed by atoms with Crippen molar-refractivity contribution in [3.63, 3.8) is 0 Å². The predicted octanol–water partition coefficient (Wildman–Crippen LogP) is 1.15. The van der Waals surface area contributed by atoms with Crippen LogP contribution in [0.2, 0.25) is 0 Å². The van der Waals surface area contributed by atoms with Crippen LogP contribution < -0.4 is 10.5 Å². The van der Waals surface area contributed by atoms with Crippen LogP contribution in [0.3, 0.4) is 0 Å². The topological polar surface area (TPSA) is 73.9 Å². The van der Waals surface area contributed by atoms with E-state index in [2.05, 4.69) is 15.4 Å². The van der Waals surface area contributed by atoms with Gasteiger partial charge in [-0.1, -0.05) is 0 Å². The molecule has 15 heavy (non-hydrogen) atoms. The minimum absolute atomic E-state index is 0.760. The number of hydrogen-bond donors (Lipinski definition) is 1. The number of ether oxygens (including phenoxy) is 1. The Balaban J connectivity index is 0.000000162. The first kappa shape index (κ1) is 10.9. The van der Waals surface area contributed by atoms with Crippen LogP contribution in [-0.2, 0) is 0 Å². The number of anilines is 1. The maximum atomic E-state index is 5.43. The third-order valence-corrected chi connectivity index (χ3v) is 1.52. The van der Waals surface area contributed by atoms with E-state index in [0.29, 0.717) is 0 Å². The van der Waals surface area contributed by atoms with Gasteiger partial charge in [-0.3, -0.25) is 0 Å². The molecule has 0 fully saturated rings. The Morgan fingerprint density at radius 2 is 1.67 bits per heavy atom. The Bertz CT molecular complexity index is 336. The first-order valence-corrected chi connectivity index (χ1v) is 4.31. The SMILES string of the molecule is COc1ccc(N)cc1.c1cnnnc1. The largest absolute Gasteiger partial charge is 0.497 e. The molecular weight excluding hydrogens is 192 g/mol. The molecule has 0 saturated heterocycles. The highest BCUT2D eigenvalue weighted by atomic mass is 16.5. The van der Waals surface area contributed by atoms with Gasteiger partial charge in [-0.15, -0.1) is 10.2 Å². The molecule has 5 heteroatoms. The van der Waals surface area contributed by atoms with Crippen molar-refractivity contribution in [2.45, 2.75) is 0 Å². The van der Waals surface area contributed by atoms with Crippen LogP contribution in [0.25, 0.3) is 0 Å². The van der Waals surface area contributed by atoms with Crippen LogP contribution in [0.1, 0.15) is 0 Å². The second-order valence-corrected chi connectivity index (χ2v) is 2.58. The van der Waals surface area contributed by atoms with E-state index in [9.17, 15) is 0 Å². The number of nitrogens with two attached hydrogens (primary N) is 1. The second-order valence-electron chi connectivity index (χ2n) is 2.58. The average molecular weight is 204 g/mol. The highest BCUT2D eigenvalue weighted by molar-refractivity contribution is 5.41. The van der Waals surface area contributed by atoms with Crippen LogP contribution >= 0.6 is 0 Å². The van der Waals surface area contributed by atoms with Crippen molar-refractivity contribution < 1.29 is 4.74 Å². The first-order chi connectivity index (χ1) is 7.33. The van der Waals surface area contributed by atoms with E-state index < -0.39 is 0 Å². The molecule has 1 heterocycles. The molecule has 0 bridgehead atoms. The van der Waals surface area contributed by atoms with Gasteiger partial charge in [0, 0.05) is 5.69 Å². The Morgan fingerprint density at radius 1 is 1.07 bits per heavy atom. The predicted molar refractivity (Wildman–Crippen MR) is 57.2 cm³/mol. The van der Waals surface area contributed by atoms with E-state index in [4.69, 9.17) is 10.5 Å². The first-order valence-electron chi connectivity index (χ1n) is 4.31. The normalized spacial score (nSPS) is 8.60. The summed E-state index contributed by atoms with van der Waals surface area (Å²) in [6.45, 7) is 0. The van der Waals surface area contributed by atoms with Crippen LogP contribution in [0.5, 0.6) is 5.75 Å². The zero-order valence-corrected chi connectivity index (χ0v) is 8.37. The highest BCUT2D eigenvalue weighted by Crippen LogP contribution is 2.11. The molecule has 1 aromatic heterocycles. The van der Waals surface area contributed by atoms with Gasteiger partial charge in [-0.25, -0.2) is 0 Å². The number of benzene rings is 1. The molecular formula is C10H12N4O. The lowest BCUT2D eigenvalue weighted by molar-refractivity contribution is 0.415. The molecule has 0 spiro atoms. The van der Waals surface area contributed by atoms with Crippen molar-refractivity contribution in [3.8, 4) is 5.75 Å². The van der Waals surface area contributed by atoms with E-state index >= 15 is 0 Å². The van der Waals surface area contributed by atoms with Crippen LogP contribution in [0.15, 0.2) is 42.7 Å². The smallest absolute Gasteiger partial charge is 0.119 e. The monoisotopic (exact) mass is 204 g/mol. The molecule has 2 N–H and O–H groups in total. The van der Waals surface area contributed by atoms with Crippen molar-refractivity contribution in [3.05, 3.63) is 42.7 Å². The number of nitrogen functional groups attached to an aromatic ring is 1. The van der Waals surface area contributed by atoms with Gasteiger partial charge >= 0.3 is 0 Å². The lowest BCUT2D eigenvalue weighted by Crippen LogP contribution is -1.84. The summed E-state index contributed by atoms with van der Waals surface area (Å²) < 4.78 is 4.91. The van der Waals surface area contributed by atoms with Crippen molar-refractivity contribution in [1.29, 1.82) is 0 Å². The summed E-state index contributed by atoms with van der Waals surface area (Å²) in [6, 6.07) is 8.98. The van der Waals surface area contributed by atoms with E-state index in [1.807, 2.05) is 12.1 Å². The molecule has 2 rings (SSSR count). The van der Waals surface area contributed by atoms with Crippen molar-refractivity contribution >= 4 is 5.69 Å². The molecule has 0 unspecified atom stereocenters. The van der Waals surface area contributed by atoms with Crippen LogP contribution in [-0.4, -0.2) is 22.5 Å². The molecule has 1 aromatic carbocycles. The second kappa shape index (κ2) is 6.31. The Kier molecular flexibility index (Phi) is 4.59. The summed E-state index contributed by atoms with van der Waals surface area (Å²) in [5.74, 6) is 0.837. The summed E-state index contributed by atoms with van der Waals surface area (Å²) >= 11 is 0. The minimum atomic E-state index is 0.760. The van der Waals surface area contributed by atoms with Crippen molar-refractivity contribution in [2.75, 3.05) is 12.8 Å². The van der Waals surface area contributed by atoms with E-state index in [1.165, 1.54) is 0 Å². The van der Waals surface area contributed by atoms with Gasteiger partial charge in [0.05, 0.1) is 19.5 Å². The summed E-state index contributed by atoms with van der Waals surface area (Å²) in [7, 11) is 1.63. The minimum Gasteiger partial charge on any atom is -0.497 e. The van der Waals surface area contributed by atoms with Gasteiger partial charge in [-0.2, -0.15) is 0 Å². The Labute approximate surface area is 87.9 Å². The zero-order valence-electron chi connectivity index (χ0n) is 8.37. The van der Waals surface area contributed by atoms with Crippen LogP contribution in [0.4, 0.5) is 5.69 Å². The number of nitrogens with zero attached hydrogens (tertiary/aromatic N) is 3. The van der Waals surface area contributed by atoms with Crippen molar-refractivity contribution in [2.24, 2.45) is 0 Å². The van der Waals surface area contributed by atoms with Gasteiger partial charge in [-0.05, 0) is 35.5 Å². The van der Waals surface area contributed by atoms with E-state index in [0.717, 1.165) is 11.4 Å². The quantitative estimate of drug-likeness (QED) is 0.705. The van der Waals surface area contributed by atoms with Gasteiger partial charge in [0.15, 0.2) is 0 Å².